The summed E-state index contributed by atoms with van der Waals surface area (Å²) in [6.07, 6.45) is 0. The van der Waals surface area contributed by atoms with Crippen LogP contribution >= 0.6 is 0 Å². The summed E-state index contributed by atoms with van der Waals surface area (Å²) in [5.74, 6) is -0.0984. The lowest BCUT2D eigenvalue weighted by Gasteiger charge is -2.27. The molecule has 1 amide bonds. The average Bonchev–Trinajstić information content (AvgIpc) is 2.58. The van der Waals surface area contributed by atoms with Gasteiger partial charge in [-0.15, -0.1) is 0 Å². The van der Waals surface area contributed by atoms with E-state index in [-0.39, 0.29) is 12.5 Å². The van der Waals surface area contributed by atoms with Crippen molar-refractivity contribution in [1.82, 2.24) is 15.1 Å². The van der Waals surface area contributed by atoms with Crippen LogP contribution in [0.3, 0.4) is 0 Å². The molecule has 19 heavy (non-hydrogen) atoms. The number of hydrogen-bond donors (Lipinski definition) is 3. The number of nitrogens with one attached hydrogen (secondary N) is 2. The normalized spacial score (nSPS) is 11.9. The van der Waals surface area contributed by atoms with Crippen LogP contribution in [0.25, 0.3) is 0 Å². The van der Waals surface area contributed by atoms with Crippen LogP contribution in [0.5, 0.6) is 0 Å². The molecule has 0 bridgehead atoms. The highest BCUT2D eigenvalue weighted by molar-refractivity contribution is 5.93. The van der Waals surface area contributed by atoms with Gasteiger partial charge in [-0.3, -0.25) is 14.8 Å². The number of carbonyl (C=O) groups excluding carboxylic acids is 1. The number of nitrogens with zero attached hydrogens (tertiary/aromatic N) is 2. The van der Waals surface area contributed by atoms with E-state index in [1.165, 1.54) is 0 Å². The number of anilines is 1. The molecule has 6 heteroatoms. The Morgan fingerprint density at radius 3 is 2.53 bits per heavy atom. The van der Waals surface area contributed by atoms with E-state index in [9.17, 15) is 9.90 Å². The lowest BCUT2D eigenvalue weighted by molar-refractivity contribution is -0.117. The second kappa shape index (κ2) is 6.16. The van der Waals surface area contributed by atoms with Crippen LogP contribution in [-0.4, -0.2) is 51.3 Å². The Hall–Kier alpha value is -1.40. The molecule has 0 radical (unpaired) electrons. The van der Waals surface area contributed by atoms with Crippen molar-refractivity contribution in [3.8, 4) is 0 Å². The van der Waals surface area contributed by atoms with Gasteiger partial charge in [0.05, 0.1) is 29.2 Å². The van der Waals surface area contributed by atoms with E-state index in [1.807, 2.05) is 25.7 Å². The highest BCUT2D eigenvalue weighted by Crippen LogP contribution is 2.15. The van der Waals surface area contributed by atoms with Gasteiger partial charge < -0.3 is 10.4 Å². The second-order valence-electron chi connectivity index (χ2n) is 5.47. The topological polar surface area (TPSA) is 81.2 Å². The Bertz CT molecular complexity index is 415. The molecular formula is C13H24N4O2. The minimum atomic E-state index is -0.808. The van der Waals surface area contributed by atoms with E-state index in [4.69, 9.17) is 0 Å². The molecule has 6 nitrogen and oxygen atoms in total. The van der Waals surface area contributed by atoms with Crippen LogP contribution in [0.15, 0.2) is 0 Å². The van der Waals surface area contributed by atoms with Crippen LogP contribution in [0.2, 0.25) is 0 Å². The first-order chi connectivity index (χ1) is 8.73. The molecule has 0 atom stereocenters. The lowest BCUT2D eigenvalue weighted by Crippen LogP contribution is -2.42. The summed E-state index contributed by atoms with van der Waals surface area (Å²) in [6.45, 7) is 10.6. The molecule has 0 spiro atoms. The first kappa shape index (κ1) is 15.7. The number of likely N-dealkylation sites (N-methyl/N-ethyl adjacent to an activating group) is 1. The zero-order valence-corrected chi connectivity index (χ0v) is 12.4. The number of aromatic nitrogens is 2. The van der Waals surface area contributed by atoms with Crippen molar-refractivity contribution in [3.63, 3.8) is 0 Å². The van der Waals surface area contributed by atoms with Gasteiger partial charge in [0.2, 0.25) is 5.91 Å². The summed E-state index contributed by atoms with van der Waals surface area (Å²) in [7, 11) is 0. The molecule has 1 heterocycles. The highest BCUT2D eigenvalue weighted by Gasteiger charge is 2.20. The fourth-order valence-electron chi connectivity index (χ4n) is 1.94. The Morgan fingerprint density at radius 1 is 1.47 bits per heavy atom. The molecule has 108 valence electrons. The molecule has 3 N–H and O–H groups in total. The maximum atomic E-state index is 12.0. The second-order valence-corrected chi connectivity index (χ2v) is 5.47. The SMILES string of the molecule is CCN(CC(=O)Nc1c(C)n[nH]c1C)CC(C)(C)O. The summed E-state index contributed by atoms with van der Waals surface area (Å²) in [4.78, 5) is 13.9. The quantitative estimate of drug-likeness (QED) is 0.720. The molecule has 0 saturated carbocycles. The van der Waals surface area contributed by atoms with Gasteiger partial charge in [-0.1, -0.05) is 6.92 Å². The van der Waals surface area contributed by atoms with Crippen molar-refractivity contribution in [3.05, 3.63) is 11.4 Å². The van der Waals surface area contributed by atoms with Crippen LogP contribution < -0.4 is 5.32 Å². The number of amides is 1. The van der Waals surface area contributed by atoms with Gasteiger partial charge in [-0.05, 0) is 34.2 Å². The van der Waals surface area contributed by atoms with Crippen molar-refractivity contribution in [1.29, 1.82) is 0 Å². The van der Waals surface area contributed by atoms with E-state index < -0.39 is 5.60 Å². The van der Waals surface area contributed by atoms with E-state index in [2.05, 4.69) is 15.5 Å². The third kappa shape index (κ3) is 5.00. The lowest BCUT2D eigenvalue weighted by atomic mass is 10.1. The fraction of sp³-hybridized carbons (Fsp3) is 0.692. The molecule has 0 unspecified atom stereocenters. The van der Waals surface area contributed by atoms with Crippen LogP contribution in [0.4, 0.5) is 5.69 Å². The Balaban J connectivity index is 2.59. The van der Waals surface area contributed by atoms with Crippen molar-refractivity contribution in [2.45, 2.75) is 40.2 Å². The van der Waals surface area contributed by atoms with Gasteiger partial charge in [-0.25, -0.2) is 0 Å². The highest BCUT2D eigenvalue weighted by atomic mass is 16.3. The molecule has 0 saturated heterocycles. The number of carbonyl (C=O) groups is 1. The van der Waals surface area contributed by atoms with Crippen molar-refractivity contribution in [2.24, 2.45) is 0 Å². The van der Waals surface area contributed by atoms with Gasteiger partial charge in [0, 0.05) is 6.54 Å². The van der Waals surface area contributed by atoms with Gasteiger partial charge >= 0.3 is 0 Å². The molecule has 1 aromatic heterocycles. The Kier molecular flexibility index (Phi) is 5.08. The smallest absolute Gasteiger partial charge is 0.238 e. The molecular weight excluding hydrogens is 244 g/mol. The summed E-state index contributed by atoms with van der Waals surface area (Å²) in [5, 5.41) is 19.5. The minimum absolute atomic E-state index is 0.0984. The molecule has 0 aliphatic heterocycles. The van der Waals surface area contributed by atoms with E-state index >= 15 is 0 Å². The predicted octanol–water partition coefficient (Wildman–Crippen LogP) is 1.06. The van der Waals surface area contributed by atoms with Gasteiger partial charge in [0.15, 0.2) is 0 Å². The molecule has 1 aromatic rings. The molecule has 0 aromatic carbocycles. The number of H-pyrrole nitrogens is 1. The summed E-state index contributed by atoms with van der Waals surface area (Å²) in [5.41, 5.74) is 1.55. The van der Waals surface area contributed by atoms with Crippen molar-refractivity contribution >= 4 is 11.6 Å². The largest absolute Gasteiger partial charge is 0.389 e. The minimum Gasteiger partial charge on any atom is -0.389 e. The molecule has 0 fully saturated rings. The number of hydrogen-bond acceptors (Lipinski definition) is 4. The third-order valence-electron chi connectivity index (χ3n) is 2.82. The standard InChI is InChI=1S/C13H24N4O2/c1-6-17(8-13(4,5)19)7-11(18)14-12-9(2)15-16-10(12)3/h19H,6-8H2,1-5H3,(H,14,18)(H,15,16). The Morgan fingerprint density at radius 2 is 2.11 bits per heavy atom. The first-order valence-corrected chi connectivity index (χ1v) is 6.49. The van der Waals surface area contributed by atoms with Crippen LogP contribution in [0.1, 0.15) is 32.2 Å². The van der Waals surface area contributed by atoms with E-state index in [0.29, 0.717) is 13.1 Å². The van der Waals surface area contributed by atoms with Crippen molar-refractivity contribution in [2.75, 3.05) is 25.0 Å². The number of aliphatic hydroxyl groups is 1. The fourth-order valence-corrected chi connectivity index (χ4v) is 1.94. The summed E-state index contributed by atoms with van der Waals surface area (Å²) in [6, 6.07) is 0. The maximum Gasteiger partial charge on any atom is 0.238 e. The van der Waals surface area contributed by atoms with Crippen molar-refractivity contribution < 1.29 is 9.90 Å². The average molecular weight is 268 g/mol. The summed E-state index contributed by atoms with van der Waals surface area (Å²) < 4.78 is 0. The number of aromatic amines is 1. The van der Waals surface area contributed by atoms with Gasteiger partial charge in [-0.2, -0.15) is 5.10 Å². The number of rotatable bonds is 6. The third-order valence-corrected chi connectivity index (χ3v) is 2.82. The Labute approximate surface area is 114 Å². The van der Waals surface area contributed by atoms with Crippen LogP contribution in [0, 0.1) is 13.8 Å². The summed E-state index contributed by atoms with van der Waals surface area (Å²) >= 11 is 0. The van der Waals surface area contributed by atoms with Gasteiger partial charge in [0.1, 0.15) is 0 Å². The zero-order chi connectivity index (χ0) is 14.6. The van der Waals surface area contributed by atoms with E-state index in [1.54, 1.807) is 13.8 Å². The zero-order valence-electron chi connectivity index (χ0n) is 12.4. The number of aryl methyl sites for hydroxylation is 2. The first-order valence-electron chi connectivity index (χ1n) is 6.49. The molecule has 0 aliphatic carbocycles. The van der Waals surface area contributed by atoms with E-state index in [0.717, 1.165) is 17.1 Å². The van der Waals surface area contributed by atoms with Gasteiger partial charge in [0.25, 0.3) is 0 Å². The monoisotopic (exact) mass is 268 g/mol. The van der Waals surface area contributed by atoms with Crippen LogP contribution in [-0.2, 0) is 4.79 Å². The maximum absolute atomic E-state index is 12.0. The molecule has 1 rings (SSSR count). The molecule has 0 aliphatic rings. The predicted molar refractivity (Wildman–Crippen MR) is 75.1 cm³/mol.